The number of alkyl carbamates (subject to hydrolysis) is 1. The number of rotatable bonds is 3. The van der Waals surface area contributed by atoms with Gasteiger partial charge in [-0.1, -0.05) is 29.3 Å². The Morgan fingerprint density at radius 1 is 1.25 bits per heavy atom. The first kappa shape index (κ1) is 19.7. The summed E-state index contributed by atoms with van der Waals surface area (Å²) < 4.78 is 34.8. The zero-order valence-corrected chi connectivity index (χ0v) is 16.5. The van der Waals surface area contributed by atoms with Crippen molar-refractivity contribution in [1.29, 1.82) is 0 Å². The Balaban J connectivity index is 1.34. The fraction of sp³-hybridized carbons (Fsp3) is 0.579. The third-order valence-corrected chi connectivity index (χ3v) is 6.63. The van der Waals surface area contributed by atoms with Crippen molar-refractivity contribution in [2.24, 2.45) is 11.8 Å². The van der Waals surface area contributed by atoms with Crippen LogP contribution in [0.4, 0.5) is 13.6 Å². The van der Waals surface area contributed by atoms with E-state index in [1.807, 2.05) is 0 Å². The number of benzene rings is 1. The summed E-state index contributed by atoms with van der Waals surface area (Å²) in [6, 6.07) is 4.00. The van der Waals surface area contributed by atoms with Crippen LogP contribution in [0.15, 0.2) is 18.2 Å². The van der Waals surface area contributed by atoms with Crippen molar-refractivity contribution in [2.45, 2.75) is 37.1 Å². The average molecular weight is 433 g/mol. The first-order chi connectivity index (χ1) is 13.2. The van der Waals surface area contributed by atoms with Crippen molar-refractivity contribution in [3.8, 4) is 0 Å². The summed E-state index contributed by atoms with van der Waals surface area (Å²) in [5, 5.41) is 3.02. The van der Waals surface area contributed by atoms with E-state index in [1.165, 1.54) is 18.2 Å². The molecule has 152 valence electrons. The minimum atomic E-state index is -3.08. The molecular formula is C19H20Cl2F2N2O3. The fourth-order valence-corrected chi connectivity index (χ4v) is 5.01. The number of cyclic esters (lactones) is 1. The fourth-order valence-electron chi connectivity index (χ4n) is 4.47. The third kappa shape index (κ3) is 3.43. The number of ether oxygens (including phenoxy) is 1. The van der Waals surface area contributed by atoms with Crippen LogP contribution in [0.2, 0.25) is 10.0 Å². The number of nitrogens with one attached hydrogen (secondary N) is 1. The molecule has 9 heteroatoms. The summed E-state index contributed by atoms with van der Waals surface area (Å²) in [5.41, 5.74) is -0.644. The van der Waals surface area contributed by atoms with E-state index in [1.54, 1.807) is 4.90 Å². The van der Waals surface area contributed by atoms with E-state index in [0.717, 1.165) is 0 Å². The monoisotopic (exact) mass is 432 g/mol. The lowest BCUT2D eigenvalue weighted by molar-refractivity contribution is -0.146. The Morgan fingerprint density at radius 2 is 1.93 bits per heavy atom. The van der Waals surface area contributed by atoms with Crippen molar-refractivity contribution in [2.75, 3.05) is 19.7 Å². The highest BCUT2D eigenvalue weighted by Gasteiger charge is 2.54. The second-order valence-corrected chi connectivity index (χ2v) is 8.78. The third-order valence-electron chi connectivity index (χ3n) is 6.08. The molecule has 0 atom stereocenters. The van der Waals surface area contributed by atoms with Gasteiger partial charge < -0.3 is 15.0 Å². The lowest BCUT2D eigenvalue weighted by Crippen LogP contribution is -2.59. The van der Waals surface area contributed by atoms with Crippen molar-refractivity contribution >= 4 is 35.2 Å². The van der Waals surface area contributed by atoms with E-state index in [2.05, 4.69) is 5.32 Å². The number of carbonyl (C=O) groups excluding carboxylic acids is 2. The minimum absolute atomic E-state index is 0.0296. The number of halogens is 4. The van der Waals surface area contributed by atoms with Gasteiger partial charge in [0.25, 0.3) is 5.92 Å². The van der Waals surface area contributed by atoms with Gasteiger partial charge in [0.05, 0.1) is 10.6 Å². The zero-order chi connectivity index (χ0) is 20.1. The van der Waals surface area contributed by atoms with Gasteiger partial charge in [-0.05, 0) is 37.8 Å². The van der Waals surface area contributed by atoms with Crippen LogP contribution in [0.3, 0.4) is 0 Å². The summed E-state index contributed by atoms with van der Waals surface area (Å²) >= 11 is 11.8. The first-order valence-corrected chi connectivity index (χ1v) is 10.0. The van der Waals surface area contributed by atoms with Gasteiger partial charge in [-0.3, -0.25) is 4.79 Å². The number of hydrogen-bond acceptors (Lipinski definition) is 3. The molecule has 0 aromatic heterocycles. The van der Waals surface area contributed by atoms with Gasteiger partial charge >= 0.3 is 6.09 Å². The lowest BCUT2D eigenvalue weighted by Gasteiger charge is -2.45. The maximum Gasteiger partial charge on any atom is 0.407 e. The van der Waals surface area contributed by atoms with Crippen LogP contribution < -0.4 is 5.32 Å². The van der Waals surface area contributed by atoms with Gasteiger partial charge in [0.1, 0.15) is 6.61 Å². The predicted octanol–water partition coefficient (Wildman–Crippen LogP) is 4.21. The largest absolute Gasteiger partial charge is 0.447 e. The second kappa shape index (κ2) is 7.02. The normalized spacial score (nSPS) is 28.1. The molecule has 0 bridgehead atoms. The van der Waals surface area contributed by atoms with Crippen molar-refractivity contribution in [1.82, 2.24) is 10.2 Å². The first-order valence-electron chi connectivity index (χ1n) is 9.27. The SMILES string of the molecule is O=C1NC2(CO1)CC(C(=O)N1CCC(C(F)(F)c3ccc(Cl)cc3Cl)CC1)C2. The van der Waals surface area contributed by atoms with Gasteiger partial charge in [-0.15, -0.1) is 0 Å². The van der Waals surface area contributed by atoms with E-state index in [-0.39, 0.29) is 54.9 Å². The predicted molar refractivity (Wildman–Crippen MR) is 99.6 cm³/mol. The van der Waals surface area contributed by atoms with Crippen LogP contribution in [0, 0.1) is 11.8 Å². The Kier molecular flexibility index (Phi) is 4.94. The molecule has 2 amide bonds. The van der Waals surface area contributed by atoms with E-state index in [4.69, 9.17) is 27.9 Å². The van der Waals surface area contributed by atoms with Crippen LogP contribution in [-0.4, -0.2) is 42.1 Å². The average Bonchev–Trinajstić information content (AvgIpc) is 3.02. The number of carbonyl (C=O) groups is 2. The molecule has 1 saturated carbocycles. The second-order valence-electron chi connectivity index (χ2n) is 7.93. The number of likely N-dealkylation sites (tertiary alicyclic amines) is 1. The highest BCUT2D eigenvalue weighted by atomic mass is 35.5. The molecule has 0 unspecified atom stereocenters. The van der Waals surface area contributed by atoms with Crippen LogP contribution >= 0.6 is 23.2 Å². The topological polar surface area (TPSA) is 58.6 Å². The maximum absolute atomic E-state index is 15.0. The molecule has 28 heavy (non-hydrogen) atoms. The Morgan fingerprint density at radius 3 is 2.50 bits per heavy atom. The Hall–Kier alpha value is -1.60. The van der Waals surface area contributed by atoms with Gasteiger partial charge in [-0.25, -0.2) is 13.6 Å². The molecule has 2 aliphatic heterocycles. The molecule has 1 aliphatic carbocycles. The summed E-state index contributed by atoms with van der Waals surface area (Å²) in [5.74, 6) is -4.18. The van der Waals surface area contributed by atoms with Crippen molar-refractivity contribution < 1.29 is 23.1 Å². The van der Waals surface area contributed by atoms with Crippen LogP contribution in [-0.2, 0) is 15.5 Å². The van der Waals surface area contributed by atoms with Crippen LogP contribution in [0.25, 0.3) is 0 Å². The van der Waals surface area contributed by atoms with Gasteiger partial charge in [0.15, 0.2) is 0 Å². The maximum atomic E-state index is 15.0. The molecule has 1 aromatic rings. The molecule has 1 spiro atoms. The van der Waals surface area contributed by atoms with E-state index < -0.39 is 23.5 Å². The summed E-state index contributed by atoms with van der Waals surface area (Å²) in [4.78, 5) is 25.5. The molecule has 0 radical (unpaired) electrons. The minimum Gasteiger partial charge on any atom is -0.447 e. The molecule has 2 saturated heterocycles. The number of piperidine rings is 1. The molecule has 3 aliphatic rings. The molecule has 4 rings (SSSR count). The quantitative estimate of drug-likeness (QED) is 0.777. The van der Waals surface area contributed by atoms with Crippen molar-refractivity contribution in [3.05, 3.63) is 33.8 Å². The summed E-state index contributed by atoms with van der Waals surface area (Å²) in [7, 11) is 0. The van der Waals surface area contributed by atoms with Crippen LogP contribution in [0.1, 0.15) is 31.2 Å². The molecule has 2 heterocycles. The zero-order valence-electron chi connectivity index (χ0n) is 15.0. The van der Waals surface area contributed by atoms with E-state index >= 15 is 0 Å². The van der Waals surface area contributed by atoms with Crippen LogP contribution in [0.5, 0.6) is 0 Å². The molecular weight excluding hydrogens is 413 g/mol. The molecule has 1 aromatic carbocycles. The highest BCUT2D eigenvalue weighted by Crippen LogP contribution is 2.46. The Labute approximate surface area is 171 Å². The molecule has 1 N–H and O–H groups in total. The Bertz CT molecular complexity index is 806. The summed E-state index contributed by atoms with van der Waals surface area (Å²) in [6.45, 7) is 0.860. The lowest BCUT2D eigenvalue weighted by atomic mass is 9.68. The highest BCUT2D eigenvalue weighted by molar-refractivity contribution is 6.35. The van der Waals surface area contributed by atoms with E-state index in [0.29, 0.717) is 17.9 Å². The standard InChI is InChI=1S/C19H20Cl2F2N2O3/c20-13-1-2-14(15(21)7-13)19(22,23)12-3-5-25(6-4-12)16(26)11-8-18(9-11)10-28-17(27)24-18/h1-2,7,11-12H,3-6,8-10H2,(H,24,27). The van der Waals surface area contributed by atoms with Crippen molar-refractivity contribution in [3.63, 3.8) is 0 Å². The summed E-state index contributed by atoms with van der Waals surface area (Å²) in [6.07, 6.45) is 1.03. The molecule has 3 fully saturated rings. The molecule has 5 nitrogen and oxygen atoms in total. The number of alkyl halides is 2. The number of hydrogen-bond donors (Lipinski definition) is 1. The number of amides is 2. The number of nitrogens with zero attached hydrogens (tertiary/aromatic N) is 1. The smallest absolute Gasteiger partial charge is 0.407 e. The van der Waals surface area contributed by atoms with Gasteiger partial charge in [0, 0.05) is 35.5 Å². The van der Waals surface area contributed by atoms with Gasteiger partial charge in [0.2, 0.25) is 5.91 Å². The van der Waals surface area contributed by atoms with Gasteiger partial charge in [-0.2, -0.15) is 0 Å². The van der Waals surface area contributed by atoms with E-state index in [9.17, 15) is 18.4 Å².